The molecule has 3 aromatic carbocycles. The number of hydrogen-bond donors (Lipinski definition) is 2. The minimum absolute atomic E-state index is 0.0238. The van der Waals surface area contributed by atoms with Crippen molar-refractivity contribution in [3.05, 3.63) is 80.5 Å². The molecule has 0 saturated carbocycles. The molecule has 0 spiro atoms. The summed E-state index contributed by atoms with van der Waals surface area (Å²) in [4.78, 5) is 0. The number of phenols is 1. The Bertz CT molecular complexity index is 987. The Morgan fingerprint density at radius 3 is 2.34 bits per heavy atom. The molecule has 152 valence electrons. The van der Waals surface area contributed by atoms with Gasteiger partial charge in [-0.1, -0.05) is 46.9 Å². The number of hydrogen-bond acceptors (Lipinski definition) is 4. The summed E-state index contributed by atoms with van der Waals surface area (Å²) >= 11 is 17.9. The van der Waals surface area contributed by atoms with E-state index in [0.29, 0.717) is 28.8 Å². The predicted octanol–water partition coefficient (Wildman–Crippen LogP) is 6.69. The number of phenolic OH excluding ortho intramolecular Hbond substituents is 1. The summed E-state index contributed by atoms with van der Waals surface area (Å²) in [6, 6.07) is 13.0. The van der Waals surface area contributed by atoms with E-state index in [4.69, 9.17) is 44.3 Å². The smallest absolute Gasteiger partial charge is 0.161 e. The van der Waals surface area contributed by atoms with Crippen molar-refractivity contribution < 1.29 is 19.0 Å². The van der Waals surface area contributed by atoms with Gasteiger partial charge in [-0.05, 0) is 42.0 Å². The van der Waals surface area contributed by atoms with E-state index >= 15 is 0 Å². The lowest BCUT2D eigenvalue weighted by Crippen LogP contribution is -2.03. The molecule has 0 amide bonds. The summed E-state index contributed by atoms with van der Waals surface area (Å²) < 4.78 is 25.0. The van der Waals surface area contributed by atoms with Crippen LogP contribution in [0, 0.1) is 5.82 Å². The van der Waals surface area contributed by atoms with E-state index in [9.17, 15) is 9.50 Å². The number of halogens is 4. The van der Waals surface area contributed by atoms with E-state index in [0.717, 1.165) is 5.56 Å². The number of methoxy groups -OCH3 is 1. The SMILES string of the molecule is COc1cc(CNc2cc(Cl)c(O)c(Cl)c2)ccc1OCc1c(F)cccc1Cl. The number of anilines is 1. The third kappa shape index (κ3) is 5.18. The third-order valence-corrected chi connectivity index (χ3v) is 5.11. The van der Waals surface area contributed by atoms with E-state index in [1.165, 1.54) is 19.2 Å². The number of rotatable bonds is 7. The Balaban J connectivity index is 1.70. The summed E-state index contributed by atoms with van der Waals surface area (Å²) in [6.07, 6.45) is 0. The van der Waals surface area contributed by atoms with Gasteiger partial charge in [-0.2, -0.15) is 0 Å². The fourth-order valence-corrected chi connectivity index (χ4v) is 3.34. The molecule has 0 radical (unpaired) electrons. The molecule has 0 aliphatic heterocycles. The van der Waals surface area contributed by atoms with E-state index in [1.54, 1.807) is 30.3 Å². The summed E-state index contributed by atoms with van der Waals surface area (Å²) in [6.45, 7) is 0.428. The zero-order valence-corrected chi connectivity index (χ0v) is 17.6. The van der Waals surface area contributed by atoms with E-state index in [-0.39, 0.29) is 28.0 Å². The highest BCUT2D eigenvalue weighted by Crippen LogP contribution is 2.35. The van der Waals surface area contributed by atoms with Crippen LogP contribution in [0.4, 0.5) is 10.1 Å². The van der Waals surface area contributed by atoms with Crippen molar-refractivity contribution in [3.63, 3.8) is 0 Å². The number of ether oxygens (including phenoxy) is 2. The second-order valence-electron chi connectivity index (χ2n) is 6.12. The maximum absolute atomic E-state index is 13.9. The minimum Gasteiger partial charge on any atom is -0.505 e. The fraction of sp³-hybridized carbons (Fsp3) is 0.143. The molecular formula is C21H17Cl3FNO3. The number of benzene rings is 3. The predicted molar refractivity (Wildman–Crippen MR) is 114 cm³/mol. The highest BCUT2D eigenvalue weighted by Gasteiger charge is 2.11. The van der Waals surface area contributed by atoms with E-state index < -0.39 is 5.82 Å². The van der Waals surface area contributed by atoms with Crippen LogP contribution in [0.1, 0.15) is 11.1 Å². The lowest BCUT2D eigenvalue weighted by Gasteiger charge is -2.14. The van der Waals surface area contributed by atoms with Crippen molar-refractivity contribution >= 4 is 40.5 Å². The van der Waals surface area contributed by atoms with Crippen molar-refractivity contribution in [3.8, 4) is 17.2 Å². The highest BCUT2D eigenvalue weighted by molar-refractivity contribution is 6.37. The normalized spacial score (nSPS) is 10.7. The zero-order chi connectivity index (χ0) is 21.0. The van der Waals surface area contributed by atoms with Gasteiger partial charge < -0.3 is 19.9 Å². The number of nitrogens with one attached hydrogen (secondary N) is 1. The molecule has 0 saturated heterocycles. The van der Waals surface area contributed by atoms with Crippen LogP contribution in [0.5, 0.6) is 17.2 Å². The van der Waals surface area contributed by atoms with Crippen LogP contribution in [0.3, 0.4) is 0 Å². The molecule has 29 heavy (non-hydrogen) atoms. The van der Waals surface area contributed by atoms with Crippen molar-refractivity contribution in [1.82, 2.24) is 0 Å². The van der Waals surface area contributed by atoms with Crippen molar-refractivity contribution in [1.29, 1.82) is 0 Å². The Labute approximate surface area is 182 Å². The first kappa shape index (κ1) is 21.4. The Morgan fingerprint density at radius 1 is 0.966 bits per heavy atom. The van der Waals surface area contributed by atoms with Crippen LogP contribution in [0.2, 0.25) is 15.1 Å². The molecule has 0 unspecified atom stereocenters. The van der Waals surface area contributed by atoms with Crippen molar-refractivity contribution in [2.45, 2.75) is 13.2 Å². The topological polar surface area (TPSA) is 50.7 Å². The van der Waals surface area contributed by atoms with Crippen LogP contribution in [0.15, 0.2) is 48.5 Å². The number of aromatic hydroxyl groups is 1. The van der Waals surface area contributed by atoms with Crippen molar-refractivity contribution in [2.75, 3.05) is 12.4 Å². The molecule has 0 aliphatic carbocycles. The van der Waals surface area contributed by atoms with Crippen LogP contribution in [-0.2, 0) is 13.2 Å². The van der Waals surface area contributed by atoms with Gasteiger partial charge in [0.25, 0.3) is 0 Å². The third-order valence-electron chi connectivity index (χ3n) is 4.18. The Hall–Kier alpha value is -2.34. The van der Waals surface area contributed by atoms with Gasteiger partial charge in [0.1, 0.15) is 12.4 Å². The Kier molecular flexibility index (Phi) is 6.96. The molecule has 3 rings (SSSR count). The lowest BCUT2D eigenvalue weighted by atomic mass is 10.2. The molecular weight excluding hydrogens is 440 g/mol. The summed E-state index contributed by atoms with van der Waals surface area (Å²) in [5, 5.41) is 13.4. The van der Waals surface area contributed by atoms with Gasteiger partial charge in [-0.15, -0.1) is 0 Å². The zero-order valence-electron chi connectivity index (χ0n) is 15.3. The van der Waals surface area contributed by atoms with Gasteiger partial charge in [-0.3, -0.25) is 0 Å². The van der Waals surface area contributed by atoms with Gasteiger partial charge in [0.2, 0.25) is 0 Å². The molecule has 0 aliphatic rings. The second-order valence-corrected chi connectivity index (χ2v) is 7.34. The fourth-order valence-electron chi connectivity index (χ4n) is 2.63. The lowest BCUT2D eigenvalue weighted by molar-refractivity contribution is 0.279. The monoisotopic (exact) mass is 455 g/mol. The molecule has 0 aromatic heterocycles. The maximum atomic E-state index is 13.9. The first-order chi connectivity index (χ1) is 13.9. The summed E-state index contributed by atoms with van der Waals surface area (Å²) in [5.41, 5.74) is 1.84. The van der Waals surface area contributed by atoms with Gasteiger partial charge >= 0.3 is 0 Å². The molecule has 2 N–H and O–H groups in total. The maximum Gasteiger partial charge on any atom is 0.161 e. The molecule has 4 nitrogen and oxygen atoms in total. The van der Waals surface area contributed by atoms with Gasteiger partial charge in [0.05, 0.1) is 22.2 Å². The highest BCUT2D eigenvalue weighted by atomic mass is 35.5. The molecule has 0 atom stereocenters. The standard InChI is InChI=1S/C21H17Cl3FNO3/c1-28-20-7-12(10-26-13-8-16(23)21(27)17(24)9-13)5-6-19(20)29-11-14-15(22)3-2-4-18(14)25/h2-9,26-27H,10-11H2,1H3. The largest absolute Gasteiger partial charge is 0.505 e. The first-order valence-electron chi connectivity index (χ1n) is 8.53. The van der Waals surface area contributed by atoms with Gasteiger partial charge in [0.15, 0.2) is 17.2 Å². The molecule has 3 aromatic rings. The second kappa shape index (κ2) is 9.44. The quantitative estimate of drug-likeness (QED) is 0.389. The molecule has 0 fully saturated rings. The minimum atomic E-state index is -0.427. The van der Waals surface area contributed by atoms with Gasteiger partial charge in [0, 0.05) is 17.8 Å². The Morgan fingerprint density at radius 2 is 1.69 bits per heavy atom. The van der Waals surface area contributed by atoms with Crippen LogP contribution in [0.25, 0.3) is 0 Å². The molecule has 0 bridgehead atoms. The van der Waals surface area contributed by atoms with Crippen LogP contribution in [-0.4, -0.2) is 12.2 Å². The molecule has 0 heterocycles. The average Bonchev–Trinajstić information content (AvgIpc) is 2.70. The van der Waals surface area contributed by atoms with Crippen LogP contribution >= 0.6 is 34.8 Å². The molecule has 8 heteroatoms. The average molecular weight is 457 g/mol. The van der Waals surface area contributed by atoms with Gasteiger partial charge in [-0.25, -0.2) is 4.39 Å². The van der Waals surface area contributed by atoms with E-state index in [2.05, 4.69) is 5.32 Å². The summed E-state index contributed by atoms with van der Waals surface area (Å²) in [5.74, 6) is 0.380. The van der Waals surface area contributed by atoms with Crippen LogP contribution < -0.4 is 14.8 Å². The van der Waals surface area contributed by atoms with E-state index in [1.807, 2.05) is 6.07 Å². The van der Waals surface area contributed by atoms with Crippen molar-refractivity contribution in [2.24, 2.45) is 0 Å². The first-order valence-corrected chi connectivity index (χ1v) is 9.67. The summed E-state index contributed by atoms with van der Waals surface area (Å²) in [7, 11) is 1.52.